The van der Waals surface area contributed by atoms with Crippen LogP contribution >= 0.6 is 11.6 Å². The molecule has 0 fully saturated rings. The van der Waals surface area contributed by atoms with Gasteiger partial charge in [-0.25, -0.2) is 0 Å². The van der Waals surface area contributed by atoms with E-state index in [1.165, 1.54) is 0 Å². The summed E-state index contributed by atoms with van der Waals surface area (Å²) in [5.74, 6) is 0.844. The number of aliphatic hydroxyl groups is 1. The molecule has 1 heterocycles. The van der Waals surface area contributed by atoms with E-state index in [-0.39, 0.29) is 12.0 Å². The highest BCUT2D eigenvalue weighted by atomic mass is 35.5. The molecule has 5 heteroatoms. The molecule has 1 aromatic rings. The second-order valence-electron chi connectivity index (χ2n) is 3.43. The molecule has 0 aromatic carbocycles. The summed E-state index contributed by atoms with van der Waals surface area (Å²) >= 11 is 5.57. The predicted octanol–water partition coefficient (Wildman–Crippen LogP) is 1.56. The second-order valence-corrected chi connectivity index (χ2v) is 3.82. The average Bonchev–Trinajstić information content (AvgIpc) is 2.16. The normalized spacial score (nSPS) is 12.9. The maximum atomic E-state index is 9.51. The van der Waals surface area contributed by atoms with Gasteiger partial charge < -0.3 is 10.4 Å². The Balaban J connectivity index is 2.42. The summed E-state index contributed by atoms with van der Waals surface area (Å²) in [5, 5.41) is 20.3. The van der Waals surface area contributed by atoms with Gasteiger partial charge in [0.1, 0.15) is 5.82 Å². The maximum absolute atomic E-state index is 9.51. The summed E-state index contributed by atoms with van der Waals surface area (Å²) in [6.45, 7) is 4.38. The largest absolute Gasteiger partial charge is 0.391 e. The molecule has 0 aliphatic carbocycles. The lowest BCUT2D eigenvalue weighted by Crippen LogP contribution is -2.25. The monoisotopic (exact) mass is 215 g/mol. The van der Waals surface area contributed by atoms with Crippen molar-refractivity contribution in [2.45, 2.75) is 20.0 Å². The van der Waals surface area contributed by atoms with Crippen molar-refractivity contribution in [2.24, 2.45) is 5.92 Å². The van der Waals surface area contributed by atoms with E-state index in [0.717, 1.165) is 0 Å². The molecular formula is C9H14ClN3O. The van der Waals surface area contributed by atoms with E-state index >= 15 is 0 Å². The molecule has 0 aliphatic rings. The van der Waals surface area contributed by atoms with E-state index in [9.17, 15) is 5.11 Å². The number of hydrogen-bond acceptors (Lipinski definition) is 4. The summed E-state index contributed by atoms with van der Waals surface area (Å²) in [5.41, 5.74) is 0. The van der Waals surface area contributed by atoms with Crippen molar-refractivity contribution in [3.8, 4) is 0 Å². The molecule has 0 bridgehead atoms. The van der Waals surface area contributed by atoms with E-state index in [1.54, 1.807) is 12.1 Å². The highest BCUT2D eigenvalue weighted by Crippen LogP contribution is 2.07. The van der Waals surface area contributed by atoms with Gasteiger partial charge in [-0.1, -0.05) is 25.4 Å². The third kappa shape index (κ3) is 3.47. The van der Waals surface area contributed by atoms with Crippen LogP contribution < -0.4 is 5.32 Å². The van der Waals surface area contributed by atoms with Crippen LogP contribution in [0.3, 0.4) is 0 Å². The maximum Gasteiger partial charge on any atom is 0.151 e. The Morgan fingerprint density at radius 2 is 2.14 bits per heavy atom. The Morgan fingerprint density at radius 3 is 2.64 bits per heavy atom. The highest BCUT2D eigenvalue weighted by Gasteiger charge is 2.08. The Hall–Kier alpha value is -0.870. The van der Waals surface area contributed by atoms with Gasteiger partial charge in [0.05, 0.1) is 6.10 Å². The summed E-state index contributed by atoms with van der Waals surface area (Å²) in [6, 6.07) is 3.38. The Kier molecular flexibility index (Phi) is 4.10. The first kappa shape index (κ1) is 11.2. The fourth-order valence-corrected chi connectivity index (χ4v) is 0.956. The minimum absolute atomic E-state index is 0.225. The van der Waals surface area contributed by atoms with Crippen LogP contribution in [-0.4, -0.2) is 28.0 Å². The van der Waals surface area contributed by atoms with Crippen molar-refractivity contribution in [3.63, 3.8) is 0 Å². The zero-order valence-electron chi connectivity index (χ0n) is 8.24. The van der Waals surface area contributed by atoms with E-state index < -0.39 is 0 Å². The second kappa shape index (κ2) is 5.12. The fourth-order valence-electron chi connectivity index (χ4n) is 0.855. The summed E-state index contributed by atoms with van der Waals surface area (Å²) in [4.78, 5) is 0. The Labute approximate surface area is 88.3 Å². The molecule has 0 saturated heterocycles. The van der Waals surface area contributed by atoms with Crippen molar-refractivity contribution in [2.75, 3.05) is 11.9 Å². The lowest BCUT2D eigenvalue weighted by atomic mass is 10.1. The van der Waals surface area contributed by atoms with E-state index in [2.05, 4.69) is 15.5 Å². The number of aliphatic hydroxyl groups excluding tert-OH is 1. The van der Waals surface area contributed by atoms with Crippen LogP contribution in [0.4, 0.5) is 5.82 Å². The summed E-state index contributed by atoms with van der Waals surface area (Å²) in [7, 11) is 0. The fraction of sp³-hybridized carbons (Fsp3) is 0.556. The van der Waals surface area contributed by atoms with Gasteiger partial charge in [0, 0.05) is 6.54 Å². The van der Waals surface area contributed by atoms with Gasteiger partial charge >= 0.3 is 0 Å². The molecule has 2 N–H and O–H groups in total. The molecule has 0 radical (unpaired) electrons. The zero-order chi connectivity index (χ0) is 10.6. The standard InChI is InChI=1S/C9H14ClN3O/c1-6(2)7(14)5-11-9-4-3-8(10)12-13-9/h3-4,6-7,14H,5H2,1-2H3,(H,11,13). The van der Waals surface area contributed by atoms with Crippen LogP contribution in [0.25, 0.3) is 0 Å². The van der Waals surface area contributed by atoms with Crippen LogP contribution in [0, 0.1) is 5.92 Å². The molecule has 4 nitrogen and oxygen atoms in total. The molecule has 1 atom stereocenters. The molecule has 0 saturated carbocycles. The number of hydrogen-bond donors (Lipinski definition) is 2. The van der Waals surface area contributed by atoms with Crippen LogP contribution in [-0.2, 0) is 0 Å². The van der Waals surface area contributed by atoms with Gasteiger partial charge in [0.2, 0.25) is 0 Å². The van der Waals surface area contributed by atoms with Gasteiger partial charge in [-0.3, -0.25) is 0 Å². The lowest BCUT2D eigenvalue weighted by molar-refractivity contribution is 0.138. The average molecular weight is 216 g/mol. The number of anilines is 1. The van der Waals surface area contributed by atoms with E-state index in [4.69, 9.17) is 11.6 Å². The molecule has 78 valence electrons. The number of rotatable bonds is 4. The topological polar surface area (TPSA) is 58.0 Å². The Bertz CT molecular complexity index is 276. The highest BCUT2D eigenvalue weighted by molar-refractivity contribution is 6.29. The SMILES string of the molecule is CC(C)C(O)CNc1ccc(Cl)nn1. The zero-order valence-corrected chi connectivity index (χ0v) is 8.99. The van der Waals surface area contributed by atoms with Gasteiger partial charge in [-0.2, -0.15) is 0 Å². The number of nitrogens with one attached hydrogen (secondary N) is 1. The summed E-state index contributed by atoms with van der Waals surface area (Å²) in [6.07, 6.45) is -0.382. The third-order valence-corrected chi connectivity index (χ3v) is 2.10. The first-order chi connectivity index (χ1) is 6.59. The number of halogens is 1. The predicted molar refractivity (Wildman–Crippen MR) is 56.4 cm³/mol. The van der Waals surface area contributed by atoms with Crippen molar-refractivity contribution < 1.29 is 5.11 Å². The molecule has 0 spiro atoms. The molecule has 0 aliphatic heterocycles. The van der Waals surface area contributed by atoms with Crippen molar-refractivity contribution in [1.29, 1.82) is 0 Å². The van der Waals surface area contributed by atoms with Crippen molar-refractivity contribution in [1.82, 2.24) is 10.2 Å². The number of aromatic nitrogens is 2. The first-order valence-electron chi connectivity index (χ1n) is 4.50. The van der Waals surface area contributed by atoms with Crippen LogP contribution in [0.2, 0.25) is 5.15 Å². The Morgan fingerprint density at radius 1 is 1.43 bits per heavy atom. The lowest BCUT2D eigenvalue weighted by Gasteiger charge is -2.14. The van der Waals surface area contributed by atoms with Gasteiger partial charge in [-0.15, -0.1) is 10.2 Å². The molecule has 1 unspecified atom stereocenters. The van der Waals surface area contributed by atoms with Gasteiger partial charge in [-0.05, 0) is 18.1 Å². The minimum atomic E-state index is -0.382. The molecule has 14 heavy (non-hydrogen) atoms. The van der Waals surface area contributed by atoms with E-state index in [1.807, 2.05) is 13.8 Å². The quantitative estimate of drug-likeness (QED) is 0.801. The smallest absolute Gasteiger partial charge is 0.151 e. The molecule has 1 aromatic heterocycles. The van der Waals surface area contributed by atoms with Crippen LogP contribution in [0.15, 0.2) is 12.1 Å². The first-order valence-corrected chi connectivity index (χ1v) is 4.88. The molecule has 0 amide bonds. The van der Waals surface area contributed by atoms with Crippen LogP contribution in [0.1, 0.15) is 13.8 Å². The number of nitrogens with zero attached hydrogens (tertiary/aromatic N) is 2. The molecule has 1 rings (SSSR count). The van der Waals surface area contributed by atoms with Crippen LogP contribution in [0.5, 0.6) is 0 Å². The van der Waals surface area contributed by atoms with Gasteiger partial charge in [0.25, 0.3) is 0 Å². The third-order valence-electron chi connectivity index (χ3n) is 1.89. The van der Waals surface area contributed by atoms with E-state index in [0.29, 0.717) is 17.5 Å². The van der Waals surface area contributed by atoms with Crippen molar-refractivity contribution >= 4 is 17.4 Å². The minimum Gasteiger partial charge on any atom is -0.391 e. The van der Waals surface area contributed by atoms with Gasteiger partial charge in [0.15, 0.2) is 5.15 Å². The summed E-state index contributed by atoms with van der Waals surface area (Å²) < 4.78 is 0. The van der Waals surface area contributed by atoms with Crippen molar-refractivity contribution in [3.05, 3.63) is 17.3 Å². The molecular weight excluding hydrogens is 202 g/mol.